The lowest BCUT2D eigenvalue weighted by Gasteiger charge is -2.35. The number of carbonyl (C=O) groups excluding carboxylic acids is 2. The van der Waals surface area contributed by atoms with Gasteiger partial charge in [-0.15, -0.1) is 11.3 Å². The minimum atomic E-state index is -1.12. The highest BCUT2D eigenvalue weighted by Gasteiger charge is 2.53. The number of aliphatic hydroxyl groups excluding tert-OH is 1. The molecule has 2 fully saturated rings. The first kappa shape index (κ1) is 28.0. The summed E-state index contributed by atoms with van der Waals surface area (Å²) in [7, 11) is 0. The van der Waals surface area contributed by atoms with Crippen molar-refractivity contribution in [3.63, 3.8) is 0 Å². The van der Waals surface area contributed by atoms with Crippen molar-refractivity contribution in [3.05, 3.63) is 21.7 Å². The van der Waals surface area contributed by atoms with Crippen molar-refractivity contribution in [1.82, 2.24) is 4.98 Å². The molecule has 1 aromatic rings. The molecular formula is C28H43NO5S. The first-order valence-corrected chi connectivity index (χ1v) is 13.8. The lowest BCUT2D eigenvalue weighted by molar-refractivity contribution is -0.154. The molecule has 0 saturated carbocycles. The first-order valence-electron chi connectivity index (χ1n) is 12.9. The molecule has 0 spiro atoms. The standard InChI is InChI=1S/C28H43NO5S/c1-16-10-9-11-28(8)24(34-28)13-22(17(2)12-21-15-35-20(5)29-21)33-25(31)14-23(30)27(6,7)26(32)19(4)18(16)3/h12,15-16,18-19,22-24,30H,9-11,13-14H2,1-8H3/t16-,18-,19+,22?,23-,24?,28+/m0/s1. The smallest absolute Gasteiger partial charge is 0.309 e. The number of esters is 1. The van der Waals surface area contributed by atoms with Gasteiger partial charge in [0.2, 0.25) is 0 Å². The van der Waals surface area contributed by atoms with Gasteiger partial charge in [0, 0.05) is 17.7 Å². The van der Waals surface area contributed by atoms with Crippen molar-refractivity contribution in [2.75, 3.05) is 0 Å². The average molecular weight is 506 g/mol. The summed E-state index contributed by atoms with van der Waals surface area (Å²) in [6.07, 6.45) is 3.69. The minimum Gasteiger partial charge on any atom is -0.458 e. The molecule has 1 N–H and O–H groups in total. The summed E-state index contributed by atoms with van der Waals surface area (Å²) in [6.45, 7) is 15.8. The van der Waals surface area contributed by atoms with Crippen LogP contribution in [0.15, 0.2) is 11.0 Å². The van der Waals surface area contributed by atoms with Gasteiger partial charge in [0.1, 0.15) is 11.9 Å². The van der Waals surface area contributed by atoms with Crippen molar-refractivity contribution in [3.8, 4) is 0 Å². The van der Waals surface area contributed by atoms with E-state index >= 15 is 0 Å². The summed E-state index contributed by atoms with van der Waals surface area (Å²) in [5, 5.41) is 13.9. The number of hydrogen-bond donors (Lipinski definition) is 1. The van der Waals surface area contributed by atoms with Crippen LogP contribution in [0.1, 0.15) is 91.3 Å². The van der Waals surface area contributed by atoms with Crippen LogP contribution in [0.4, 0.5) is 0 Å². The molecule has 0 bridgehead atoms. The summed E-state index contributed by atoms with van der Waals surface area (Å²) in [6, 6.07) is 0. The van der Waals surface area contributed by atoms with Gasteiger partial charge in [-0.2, -0.15) is 0 Å². The van der Waals surface area contributed by atoms with E-state index < -0.39 is 23.6 Å². The number of cyclic esters (lactones) is 1. The van der Waals surface area contributed by atoms with Gasteiger partial charge in [-0.1, -0.05) is 47.5 Å². The molecule has 0 aromatic carbocycles. The number of ketones is 1. The molecule has 2 unspecified atom stereocenters. The fourth-order valence-corrected chi connectivity index (χ4v) is 5.81. The molecule has 7 atom stereocenters. The van der Waals surface area contributed by atoms with Gasteiger partial charge in [0.25, 0.3) is 0 Å². The highest BCUT2D eigenvalue weighted by Crippen LogP contribution is 2.45. The highest BCUT2D eigenvalue weighted by atomic mass is 32.1. The lowest BCUT2D eigenvalue weighted by Crippen LogP contribution is -2.44. The average Bonchev–Trinajstić information content (AvgIpc) is 3.22. The number of ether oxygens (including phenoxy) is 2. The van der Waals surface area contributed by atoms with Crippen LogP contribution in [-0.2, 0) is 19.1 Å². The van der Waals surface area contributed by atoms with E-state index in [-0.39, 0.29) is 35.7 Å². The van der Waals surface area contributed by atoms with Gasteiger partial charge >= 0.3 is 5.97 Å². The molecule has 0 radical (unpaired) electrons. The molecule has 0 amide bonds. The van der Waals surface area contributed by atoms with Crippen LogP contribution in [0.25, 0.3) is 6.08 Å². The van der Waals surface area contributed by atoms with E-state index in [1.165, 1.54) is 0 Å². The fraction of sp³-hybridized carbons (Fsp3) is 0.750. The molecule has 7 heteroatoms. The van der Waals surface area contributed by atoms with Crippen molar-refractivity contribution in [2.24, 2.45) is 23.2 Å². The quantitative estimate of drug-likeness (QED) is 0.406. The Balaban J connectivity index is 1.85. The Morgan fingerprint density at radius 2 is 1.91 bits per heavy atom. The zero-order valence-corrected chi connectivity index (χ0v) is 23.4. The molecule has 35 heavy (non-hydrogen) atoms. The molecule has 196 valence electrons. The molecule has 2 aliphatic rings. The summed E-state index contributed by atoms with van der Waals surface area (Å²) >= 11 is 1.58. The zero-order valence-electron chi connectivity index (χ0n) is 22.6. The summed E-state index contributed by atoms with van der Waals surface area (Å²) in [4.78, 5) is 30.9. The molecule has 1 aromatic heterocycles. The van der Waals surface area contributed by atoms with Crippen LogP contribution in [-0.4, -0.2) is 45.8 Å². The first-order chi connectivity index (χ1) is 16.2. The van der Waals surface area contributed by atoms with E-state index in [2.05, 4.69) is 25.8 Å². The zero-order chi connectivity index (χ0) is 26.1. The number of Topliss-reactive ketones (excluding diaryl/α,β-unsaturated/α-hetero) is 1. The van der Waals surface area contributed by atoms with E-state index in [1.807, 2.05) is 32.2 Å². The summed E-state index contributed by atoms with van der Waals surface area (Å²) in [5.41, 5.74) is 0.478. The fourth-order valence-electron chi connectivity index (χ4n) is 5.24. The van der Waals surface area contributed by atoms with E-state index in [4.69, 9.17) is 9.47 Å². The predicted octanol–water partition coefficient (Wildman–Crippen LogP) is 5.75. The number of aliphatic hydroxyl groups is 1. The molecule has 3 heterocycles. The second-order valence-corrected chi connectivity index (χ2v) is 12.7. The van der Waals surface area contributed by atoms with Gasteiger partial charge < -0.3 is 14.6 Å². The normalized spacial score (nSPS) is 37.5. The SMILES string of the molecule is CC(=Cc1csc(C)n1)C1CC2O[C@]2(C)CCC[C@H](C)[C@H](C)[C@@H](C)C(=O)C(C)(C)[C@@H](O)CC(=O)O1. The number of aromatic nitrogens is 1. The van der Waals surface area contributed by atoms with Crippen molar-refractivity contribution in [1.29, 1.82) is 0 Å². The molecule has 3 rings (SSSR count). The third kappa shape index (κ3) is 6.60. The van der Waals surface area contributed by atoms with Crippen LogP contribution >= 0.6 is 11.3 Å². The Hall–Kier alpha value is -1.57. The number of carbonyl (C=O) groups is 2. The Labute approximate surface area is 214 Å². The topological polar surface area (TPSA) is 89.0 Å². The number of epoxide rings is 1. The van der Waals surface area contributed by atoms with Crippen molar-refractivity contribution >= 4 is 29.2 Å². The van der Waals surface area contributed by atoms with Crippen LogP contribution in [0.2, 0.25) is 0 Å². The number of rotatable bonds is 2. The number of hydrogen-bond acceptors (Lipinski definition) is 7. The third-order valence-corrected chi connectivity index (χ3v) is 9.31. The number of aryl methyl sites for hydroxylation is 1. The monoisotopic (exact) mass is 505 g/mol. The highest BCUT2D eigenvalue weighted by molar-refractivity contribution is 7.09. The Kier molecular flexibility index (Phi) is 8.65. The maximum atomic E-state index is 13.4. The maximum absolute atomic E-state index is 13.4. The second kappa shape index (κ2) is 10.8. The number of fused-ring (bicyclic) bond motifs is 1. The van der Waals surface area contributed by atoms with Gasteiger partial charge in [0.05, 0.1) is 40.3 Å². The van der Waals surface area contributed by atoms with Gasteiger partial charge in [-0.25, -0.2) is 4.98 Å². The maximum Gasteiger partial charge on any atom is 0.309 e. The van der Waals surface area contributed by atoms with E-state index in [0.29, 0.717) is 12.3 Å². The van der Waals surface area contributed by atoms with Crippen molar-refractivity contribution in [2.45, 2.75) is 111 Å². The van der Waals surface area contributed by atoms with Crippen LogP contribution in [0, 0.1) is 30.1 Å². The van der Waals surface area contributed by atoms with E-state index in [0.717, 1.165) is 35.5 Å². The second-order valence-electron chi connectivity index (χ2n) is 11.6. The molecule has 6 nitrogen and oxygen atoms in total. The minimum absolute atomic E-state index is 0.00618. The Bertz CT molecular complexity index is 953. The number of nitrogens with zero attached hydrogens (tertiary/aromatic N) is 1. The molecule has 2 saturated heterocycles. The van der Waals surface area contributed by atoms with E-state index in [9.17, 15) is 14.7 Å². The van der Waals surface area contributed by atoms with Crippen LogP contribution < -0.4 is 0 Å². The molecule has 0 aliphatic carbocycles. The van der Waals surface area contributed by atoms with Gasteiger partial charge in [0.15, 0.2) is 0 Å². The number of thiazole rings is 1. The molecular weight excluding hydrogens is 462 g/mol. The Morgan fingerprint density at radius 3 is 2.54 bits per heavy atom. The Morgan fingerprint density at radius 1 is 1.23 bits per heavy atom. The van der Waals surface area contributed by atoms with Crippen LogP contribution in [0.3, 0.4) is 0 Å². The summed E-state index contributed by atoms with van der Waals surface area (Å²) in [5.74, 6) is -0.162. The van der Waals surface area contributed by atoms with Gasteiger partial charge in [-0.3, -0.25) is 9.59 Å². The summed E-state index contributed by atoms with van der Waals surface area (Å²) < 4.78 is 12.0. The largest absolute Gasteiger partial charge is 0.458 e. The van der Waals surface area contributed by atoms with E-state index in [1.54, 1.807) is 25.2 Å². The molecule has 2 aliphatic heterocycles. The van der Waals surface area contributed by atoms with Crippen LogP contribution in [0.5, 0.6) is 0 Å². The lowest BCUT2D eigenvalue weighted by atomic mass is 9.70. The van der Waals surface area contributed by atoms with Gasteiger partial charge in [-0.05, 0) is 50.7 Å². The third-order valence-electron chi connectivity index (χ3n) is 8.52. The van der Waals surface area contributed by atoms with Crippen molar-refractivity contribution < 1.29 is 24.2 Å². The predicted molar refractivity (Wildman–Crippen MR) is 139 cm³/mol.